The minimum atomic E-state index is -3.09. The van der Waals surface area contributed by atoms with Gasteiger partial charge in [0.05, 0.1) is 18.8 Å². The molecule has 0 heterocycles. The fourth-order valence-corrected chi connectivity index (χ4v) is 1.99. The van der Waals surface area contributed by atoms with Gasteiger partial charge < -0.3 is 4.74 Å². The number of hydrogen-bond donors (Lipinski definition) is 0. The van der Waals surface area contributed by atoms with E-state index in [-0.39, 0.29) is 5.75 Å². The molecule has 0 spiro atoms. The highest BCUT2D eigenvalue weighted by Crippen LogP contribution is 2.07. The normalized spacial score (nSPS) is 13.9. The molecule has 5 heteroatoms. The number of methoxy groups -OCH3 is 1. The molecule has 0 aliphatic rings. The Morgan fingerprint density at radius 3 is 2.25 bits per heavy atom. The third kappa shape index (κ3) is 4.33. The second-order valence-corrected chi connectivity index (χ2v) is 4.91. The van der Waals surface area contributed by atoms with Gasteiger partial charge in [-0.15, -0.1) is 0 Å². The van der Waals surface area contributed by atoms with Crippen molar-refractivity contribution in [3.05, 3.63) is 0 Å². The first kappa shape index (κ1) is 11.4. The van der Waals surface area contributed by atoms with E-state index in [0.29, 0.717) is 6.42 Å². The highest BCUT2D eigenvalue weighted by Gasteiger charge is 2.21. The fourth-order valence-electron chi connectivity index (χ4n) is 0.885. The molecule has 0 aromatic heterocycles. The third-order valence-corrected chi connectivity index (χ3v) is 2.54. The molecule has 0 aromatic rings. The first-order chi connectivity index (χ1) is 5.40. The van der Waals surface area contributed by atoms with Crippen LogP contribution in [0, 0.1) is 5.92 Å². The fraction of sp³-hybridized carbons (Fsp3) is 0.857. The number of hydrogen-bond acceptors (Lipinski definition) is 4. The Morgan fingerprint density at radius 2 is 2.00 bits per heavy atom. The van der Waals surface area contributed by atoms with Gasteiger partial charge in [0.25, 0.3) is 0 Å². The Balaban J connectivity index is 4.29. The molecule has 0 saturated heterocycles. The first-order valence-electron chi connectivity index (χ1n) is 3.66. The summed E-state index contributed by atoms with van der Waals surface area (Å²) in [5, 5.41) is 0. The maximum Gasteiger partial charge on any atom is 0.309 e. The maximum absolute atomic E-state index is 10.9. The predicted octanol–water partition coefficient (Wildman–Crippen LogP) is 0.230. The van der Waals surface area contributed by atoms with Gasteiger partial charge in [-0.05, 0) is 6.42 Å². The van der Waals surface area contributed by atoms with Crippen LogP contribution in [-0.2, 0) is 19.4 Å². The molecule has 1 unspecified atom stereocenters. The van der Waals surface area contributed by atoms with Crippen LogP contribution >= 0.6 is 0 Å². The monoisotopic (exact) mass is 194 g/mol. The summed E-state index contributed by atoms with van der Waals surface area (Å²) < 4.78 is 26.1. The molecule has 0 N–H and O–H groups in total. The molecule has 0 aliphatic heterocycles. The molecule has 0 rings (SSSR count). The summed E-state index contributed by atoms with van der Waals surface area (Å²) in [7, 11) is -1.83. The molecule has 0 aliphatic carbocycles. The molecule has 0 aromatic carbocycles. The van der Waals surface area contributed by atoms with E-state index in [2.05, 4.69) is 4.74 Å². The average molecular weight is 194 g/mol. The van der Waals surface area contributed by atoms with E-state index in [9.17, 15) is 13.2 Å². The van der Waals surface area contributed by atoms with Crippen LogP contribution in [0.4, 0.5) is 0 Å². The topological polar surface area (TPSA) is 60.4 Å². The zero-order chi connectivity index (χ0) is 9.78. The molecule has 72 valence electrons. The molecule has 0 bridgehead atoms. The quantitative estimate of drug-likeness (QED) is 0.601. The summed E-state index contributed by atoms with van der Waals surface area (Å²) in [6.45, 7) is 1.76. The minimum absolute atomic E-state index is 0.129. The maximum atomic E-state index is 10.9. The Kier molecular flexibility index (Phi) is 4.23. The minimum Gasteiger partial charge on any atom is -0.469 e. The summed E-state index contributed by atoms with van der Waals surface area (Å²) in [6, 6.07) is 0. The van der Waals surface area contributed by atoms with Crippen LogP contribution in [-0.4, -0.2) is 33.5 Å². The zero-order valence-corrected chi connectivity index (χ0v) is 8.35. The Labute approximate surface area is 72.8 Å². The standard InChI is InChI=1S/C7H14O4S/c1-4-6(7(8)11-2)5-12(3,9)10/h6H,4-5H2,1-3H3. The van der Waals surface area contributed by atoms with Crippen LogP contribution in [0.1, 0.15) is 13.3 Å². The van der Waals surface area contributed by atoms with Crippen LogP contribution in [0.5, 0.6) is 0 Å². The lowest BCUT2D eigenvalue weighted by atomic mass is 10.1. The van der Waals surface area contributed by atoms with Crippen molar-refractivity contribution in [2.45, 2.75) is 13.3 Å². The number of esters is 1. The Bertz CT molecular complexity index is 242. The van der Waals surface area contributed by atoms with Gasteiger partial charge >= 0.3 is 5.97 Å². The van der Waals surface area contributed by atoms with Crippen molar-refractivity contribution in [3.8, 4) is 0 Å². The molecular formula is C7H14O4S. The lowest BCUT2D eigenvalue weighted by molar-refractivity contribution is -0.144. The summed E-state index contributed by atoms with van der Waals surface area (Å²) in [5.41, 5.74) is 0. The molecule has 0 radical (unpaired) electrons. The van der Waals surface area contributed by atoms with Crippen LogP contribution in [0.15, 0.2) is 0 Å². The lowest BCUT2D eigenvalue weighted by Gasteiger charge is -2.09. The number of rotatable bonds is 4. The van der Waals surface area contributed by atoms with Crippen LogP contribution in [0.25, 0.3) is 0 Å². The number of sulfone groups is 1. The van der Waals surface area contributed by atoms with Crippen LogP contribution in [0.3, 0.4) is 0 Å². The number of carbonyl (C=O) groups is 1. The summed E-state index contributed by atoms with van der Waals surface area (Å²) in [5.74, 6) is -1.11. The molecule has 4 nitrogen and oxygen atoms in total. The largest absolute Gasteiger partial charge is 0.469 e. The van der Waals surface area contributed by atoms with E-state index >= 15 is 0 Å². The van der Waals surface area contributed by atoms with Gasteiger partial charge in [0, 0.05) is 6.26 Å². The summed E-state index contributed by atoms with van der Waals surface area (Å²) >= 11 is 0. The van der Waals surface area contributed by atoms with Gasteiger partial charge in [0.2, 0.25) is 0 Å². The smallest absolute Gasteiger partial charge is 0.309 e. The zero-order valence-electron chi connectivity index (χ0n) is 7.53. The van der Waals surface area contributed by atoms with E-state index in [0.717, 1.165) is 6.26 Å². The van der Waals surface area contributed by atoms with Crippen molar-refractivity contribution in [3.63, 3.8) is 0 Å². The number of ether oxygens (including phenoxy) is 1. The van der Waals surface area contributed by atoms with E-state index in [1.54, 1.807) is 6.92 Å². The van der Waals surface area contributed by atoms with Gasteiger partial charge in [0.15, 0.2) is 0 Å². The van der Waals surface area contributed by atoms with Crippen LogP contribution in [0.2, 0.25) is 0 Å². The van der Waals surface area contributed by atoms with E-state index in [1.807, 2.05) is 0 Å². The molecule has 1 atom stereocenters. The Morgan fingerprint density at radius 1 is 1.50 bits per heavy atom. The molecular weight excluding hydrogens is 180 g/mol. The van der Waals surface area contributed by atoms with Crippen molar-refractivity contribution in [2.75, 3.05) is 19.1 Å². The van der Waals surface area contributed by atoms with Crippen molar-refractivity contribution < 1.29 is 17.9 Å². The van der Waals surface area contributed by atoms with Crippen molar-refractivity contribution >= 4 is 15.8 Å². The molecule has 0 saturated carbocycles. The van der Waals surface area contributed by atoms with Gasteiger partial charge in [-0.25, -0.2) is 8.42 Å². The van der Waals surface area contributed by atoms with Crippen molar-refractivity contribution in [1.29, 1.82) is 0 Å². The van der Waals surface area contributed by atoms with E-state index in [4.69, 9.17) is 0 Å². The van der Waals surface area contributed by atoms with Crippen molar-refractivity contribution in [2.24, 2.45) is 5.92 Å². The molecule has 0 amide bonds. The van der Waals surface area contributed by atoms with Crippen LogP contribution < -0.4 is 0 Å². The lowest BCUT2D eigenvalue weighted by Crippen LogP contribution is -2.23. The second-order valence-electron chi connectivity index (χ2n) is 2.72. The average Bonchev–Trinajstić information content (AvgIpc) is 1.97. The van der Waals surface area contributed by atoms with Gasteiger partial charge in [0.1, 0.15) is 9.84 Å². The van der Waals surface area contributed by atoms with Crippen molar-refractivity contribution in [1.82, 2.24) is 0 Å². The third-order valence-electron chi connectivity index (χ3n) is 1.53. The number of carbonyl (C=O) groups excluding carboxylic acids is 1. The van der Waals surface area contributed by atoms with Gasteiger partial charge in [-0.2, -0.15) is 0 Å². The SMILES string of the molecule is CCC(CS(C)(=O)=O)C(=O)OC. The molecule has 12 heavy (non-hydrogen) atoms. The predicted molar refractivity (Wildman–Crippen MR) is 45.5 cm³/mol. The highest BCUT2D eigenvalue weighted by molar-refractivity contribution is 7.90. The highest BCUT2D eigenvalue weighted by atomic mass is 32.2. The molecule has 0 fully saturated rings. The van der Waals surface area contributed by atoms with Gasteiger partial charge in [-0.3, -0.25) is 4.79 Å². The van der Waals surface area contributed by atoms with E-state index < -0.39 is 21.7 Å². The summed E-state index contributed by atoms with van der Waals surface area (Å²) in [4.78, 5) is 10.9. The first-order valence-corrected chi connectivity index (χ1v) is 5.72. The second kappa shape index (κ2) is 4.45. The Hall–Kier alpha value is -0.580. The summed E-state index contributed by atoms with van der Waals surface area (Å²) in [6.07, 6.45) is 1.60. The van der Waals surface area contributed by atoms with Gasteiger partial charge in [-0.1, -0.05) is 6.92 Å². The van der Waals surface area contributed by atoms with E-state index in [1.165, 1.54) is 7.11 Å².